The van der Waals surface area contributed by atoms with Crippen molar-refractivity contribution in [3.8, 4) is 0 Å². The number of quaternary nitrogens is 1. The molecule has 0 bridgehead atoms. The molecule has 0 heterocycles. The molecule has 0 amide bonds. The van der Waals surface area contributed by atoms with E-state index >= 15 is 0 Å². The van der Waals surface area contributed by atoms with Gasteiger partial charge in [0.05, 0.1) is 33.5 Å². The first-order valence-corrected chi connectivity index (χ1v) is 5.04. The Hall–Kier alpha value is 0.310. The molecule has 66 valence electrons. The van der Waals surface area contributed by atoms with Crippen LogP contribution in [0.25, 0.3) is 0 Å². The van der Waals surface area contributed by atoms with E-state index < -0.39 is 0 Å². The lowest BCUT2D eigenvalue weighted by Crippen LogP contribution is -2.34. The second-order valence-electron chi connectivity index (χ2n) is 4.31. The number of rotatable bonds is 2. The summed E-state index contributed by atoms with van der Waals surface area (Å²) in [5, 5.41) is 0. The van der Waals surface area contributed by atoms with Crippen LogP contribution < -0.4 is 0 Å². The van der Waals surface area contributed by atoms with Crippen LogP contribution in [0.5, 0.6) is 0 Å². The summed E-state index contributed by atoms with van der Waals surface area (Å²) in [5.41, 5.74) is 0. The third-order valence-corrected chi connectivity index (χ3v) is 2.59. The zero-order chi connectivity index (χ0) is 8.32. The SMILES string of the molecule is C[N+](C)(S)CC1CCCCC1. The summed E-state index contributed by atoms with van der Waals surface area (Å²) in [7, 11) is 4.33. The highest BCUT2D eigenvalue weighted by molar-refractivity contribution is 7.74. The van der Waals surface area contributed by atoms with Crippen LogP contribution in [0.15, 0.2) is 0 Å². The molecule has 0 saturated heterocycles. The zero-order valence-electron chi connectivity index (χ0n) is 7.71. The van der Waals surface area contributed by atoms with Crippen LogP contribution in [-0.4, -0.2) is 24.5 Å². The maximum absolute atomic E-state index is 4.50. The summed E-state index contributed by atoms with van der Waals surface area (Å²) in [6, 6.07) is 0. The van der Waals surface area contributed by atoms with Crippen LogP contribution in [0.3, 0.4) is 0 Å². The third kappa shape index (κ3) is 4.02. The van der Waals surface area contributed by atoms with Gasteiger partial charge in [0, 0.05) is 5.92 Å². The summed E-state index contributed by atoms with van der Waals surface area (Å²) in [6.45, 7) is 1.24. The van der Waals surface area contributed by atoms with Gasteiger partial charge < -0.3 is 0 Å². The summed E-state index contributed by atoms with van der Waals surface area (Å²) >= 11 is 4.50. The molecule has 2 heteroatoms. The summed E-state index contributed by atoms with van der Waals surface area (Å²) in [4.78, 5) is 0. The first kappa shape index (κ1) is 9.40. The lowest BCUT2D eigenvalue weighted by Gasteiger charge is -2.29. The monoisotopic (exact) mass is 174 g/mol. The molecule has 0 spiro atoms. The van der Waals surface area contributed by atoms with Crippen LogP contribution in [0.4, 0.5) is 0 Å². The van der Waals surface area contributed by atoms with Crippen molar-refractivity contribution >= 4 is 12.8 Å². The molecular weight excluding hydrogens is 154 g/mol. The van der Waals surface area contributed by atoms with Gasteiger partial charge in [-0.15, -0.1) is 0 Å². The smallest absolute Gasteiger partial charge is 0.0914 e. The van der Waals surface area contributed by atoms with Crippen molar-refractivity contribution in [3.05, 3.63) is 0 Å². The van der Waals surface area contributed by atoms with E-state index in [0.29, 0.717) is 0 Å². The van der Waals surface area contributed by atoms with E-state index in [1.54, 1.807) is 0 Å². The highest BCUT2D eigenvalue weighted by Crippen LogP contribution is 2.25. The van der Waals surface area contributed by atoms with Gasteiger partial charge >= 0.3 is 0 Å². The van der Waals surface area contributed by atoms with E-state index in [1.165, 1.54) is 38.6 Å². The van der Waals surface area contributed by atoms with Gasteiger partial charge in [0.25, 0.3) is 0 Å². The van der Waals surface area contributed by atoms with Crippen LogP contribution >= 0.6 is 12.8 Å². The lowest BCUT2D eigenvalue weighted by molar-refractivity contribution is -0.752. The molecule has 0 aromatic heterocycles. The fourth-order valence-corrected chi connectivity index (χ4v) is 2.23. The summed E-state index contributed by atoms with van der Waals surface area (Å²) < 4.78 is 0.838. The Morgan fingerprint density at radius 2 is 1.73 bits per heavy atom. The van der Waals surface area contributed by atoms with Gasteiger partial charge in [0.15, 0.2) is 0 Å². The Bertz CT molecular complexity index is 111. The largest absolute Gasteiger partial charge is 0.269 e. The van der Waals surface area contributed by atoms with E-state index in [2.05, 4.69) is 26.9 Å². The lowest BCUT2D eigenvalue weighted by atomic mass is 9.89. The minimum atomic E-state index is 0.838. The second kappa shape index (κ2) is 3.81. The Kier molecular flexibility index (Phi) is 3.26. The molecule has 0 aromatic carbocycles. The molecule has 0 atom stereocenters. The topological polar surface area (TPSA) is 0 Å². The molecule has 0 N–H and O–H groups in total. The number of hydrogen-bond acceptors (Lipinski definition) is 1. The van der Waals surface area contributed by atoms with Gasteiger partial charge in [-0.25, -0.2) is 0 Å². The highest BCUT2D eigenvalue weighted by Gasteiger charge is 2.20. The van der Waals surface area contributed by atoms with Crippen molar-refractivity contribution in [2.24, 2.45) is 5.92 Å². The molecule has 0 unspecified atom stereocenters. The molecule has 0 aliphatic heterocycles. The van der Waals surface area contributed by atoms with Crippen molar-refractivity contribution in [2.45, 2.75) is 32.1 Å². The number of hydrogen-bond donors (Lipinski definition) is 1. The molecule has 1 aliphatic carbocycles. The van der Waals surface area contributed by atoms with Gasteiger partial charge in [0.2, 0.25) is 0 Å². The van der Waals surface area contributed by atoms with Gasteiger partial charge in [-0.1, -0.05) is 19.3 Å². The minimum Gasteiger partial charge on any atom is -0.269 e. The molecule has 0 aromatic rings. The third-order valence-electron chi connectivity index (χ3n) is 2.43. The van der Waals surface area contributed by atoms with Crippen LogP contribution in [0.1, 0.15) is 32.1 Å². The van der Waals surface area contributed by atoms with Gasteiger partial charge in [-0.05, 0) is 12.8 Å². The van der Waals surface area contributed by atoms with Crippen LogP contribution in [0.2, 0.25) is 0 Å². The quantitative estimate of drug-likeness (QED) is 0.482. The Morgan fingerprint density at radius 3 is 2.18 bits per heavy atom. The predicted octanol–water partition coefficient (Wildman–Crippen LogP) is 2.49. The van der Waals surface area contributed by atoms with E-state index in [-0.39, 0.29) is 0 Å². The fourth-order valence-electron chi connectivity index (χ4n) is 2.00. The average Bonchev–Trinajstić information content (AvgIpc) is 1.85. The van der Waals surface area contributed by atoms with Gasteiger partial charge in [-0.3, -0.25) is 3.89 Å². The predicted molar refractivity (Wildman–Crippen MR) is 52.5 cm³/mol. The fraction of sp³-hybridized carbons (Fsp3) is 1.00. The van der Waals surface area contributed by atoms with E-state index in [4.69, 9.17) is 0 Å². The van der Waals surface area contributed by atoms with Crippen LogP contribution in [0, 0.1) is 5.92 Å². The Morgan fingerprint density at radius 1 is 1.18 bits per heavy atom. The second-order valence-corrected chi connectivity index (χ2v) is 5.39. The number of nitrogens with zero attached hydrogens (tertiary/aromatic N) is 1. The Balaban J connectivity index is 2.24. The molecule has 1 fully saturated rings. The summed E-state index contributed by atoms with van der Waals surface area (Å²) in [5.74, 6) is 0.941. The first-order chi connectivity index (χ1) is 5.08. The first-order valence-electron chi connectivity index (χ1n) is 4.64. The molecular formula is C9H20NS+. The molecule has 1 nitrogen and oxygen atoms in total. The average molecular weight is 174 g/mol. The van der Waals surface area contributed by atoms with Crippen molar-refractivity contribution in [1.82, 2.24) is 0 Å². The van der Waals surface area contributed by atoms with Crippen molar-refractivity contribution in [3.63, 3.8) is 0 Å². The molecule has 1 aliphatic rings. The molecule has 0 radical (unpaired) electrons. The molecule has 1 saturated carbocycles. The maximum atomic E-state index is 4.50. The van der Waals surface area contributed by atoms with E-state index in [0.717, 1.165) is 9.81 Å². The van der Waals surface area contributed by atoms with Crippen LogP contribution in [-0.2, 0) is 0 Å². The Labute approximate surface area is 75.9 Å². The van der Waals surface area contributed by atoms with Gasteiger partial charge in [0.1, 0.15) is 0 Å². The van der Waals surface area contributed by atoms with E-state index in [1.807, 2.05) is 0 Å². The van der Waals surface area contributed by atoms with E-state index in [9.17, 15) is 0 Å². The normalized spacial score (nSPS) is 22.1. The van der Waals surface area contributed by atoms with Gasteiger partial charge in [-0.2, -0.15) is 0 Å². The van der Waals surface area contributed by atoms with Crippen molar-refractivity contribution in [2.75, 3.05) is 20.6 Å². The number of thiol groups is 1. The van der Waals surface area contributed by atoms with Crippen molar-refractivity contribution in [1.29, 1.82) is 0 Å². The summed E-state index contributed by atoms with van der Waals surface area (Å²) in [6.07, 6.45) is 7.21. The van der Waals surface area contributed by atoms with Crippen molar-refractivity contribution < 1.29 is 3.89 Å². The standard InChI is InChI=1S/C9H20NS/c1-10(2,11)8-9-6-4-3-5-7-9/h9,11H,3-8H2,1-2H3/q+1. The highest BCUT2D eigenvalue weighted by atomic mass is 32.1. The maximum Gasteiger partial charge on any atom is 0.0914 e. The minimum absolute atomic E-state index is 0.838. The molecule has 11 heavy (non-hydrogen) atoms. The molecule has 1 rings (SSSR count). The zero-order valence-corrected chi connectivity index (χ0v) is 8.61.